The molecule has 2 amide bonds. The third-order valence-corrected chi connectivity index (χ3v) is 6.66. The lowest BCUT2D eigenvalue weighted by Gasteiger charge is -2.31. The first-order chi connectivity index (χ1) is 16.6. The van der Waals surface area contributed by atoms with E-state index < -0.39 is 6.04 Å². The van der Waals surface area contributed by atoms with Crippen LogP contribution in [0.4, 0.5) is 0 Å². The molecule has 0 saturated heterocycles. The highest BCUT2D eigenvalue weighted by atomic mass is 16.7. The van der Waals surface area contributed by atoms with E-state index in [2.05, 4.69) is 5.32 Å². The van der Waals surface area contributed by atoms with Crippen LogP contribution in [0.15, 0.2) is 42.5 Å². The minimum atomic E-state index is -0.507. The predicted molar refractivity (Wildman–Crippen MR) is 129 cm³/mol. The highest BCUT2D eigenvalue weighted by Crippen LogP contribution is 2.33. The van der Waals surface area contributed by atoms with Crippen LogP contribution >= 0.6 is 0 Å². The fourth-order valence-electron chi connectivity index (χ4n) is 4.71. The van der Waals surface area contributed by atoms with Gasteiger partial charge in [-0.05, 0) is 61.1 Å². The maximum absolute atomic E-state index is 13.5. The van der Waals surface area contributed by atoms with Crippen LogP contribution in [-0.2, 0) is 22.6 Å². The van der Waals surface area contributed by atoms with Crippen molar-refractivity contribution in [3.8, 4) is 17.2 Å². The van der Waals surface area contributed by atoms with Crippen molar-refractivity contribution >= 4 is 11.8 Å². The molecule has 1 aliphatic carbocycles. The second-order valence-electron chi connectivity index (χ2n) is 8.97. The molecule has 0 spiro atoms. The Kier molecular flexibility index (Phi) is 7.93. The fourth-order valence-corrected chi connectivity index (χ4v) is 4.71. The molecule has 34 heavy (non-hydrogen) atoms. The largest absolute Gasteiger partial charge is 0.497 e. The third kappa shape index (κ3) is 5.82. The Morgan fingerprint density at radius 2 is 1.76 bits per heavy atom. The van der Waals surface area contributed by atoms with Crippen LogP contribution in [0.2, 0.25) is 0 Å². The number of amides is 2. The van der Waals surface area contributed by atoms with Gasteiger partial charge < -0.3 is 24.4 Å². The molecular weight excluding hydrogens is 432 g/mol. The molecule has 7 heteroatoms. The van der Waals surface area contributed by atoms with Crippen molar-refractivity contribution in [2.75, 3.05) is 13.9 Å². The molecule has 7 nitrogen and oxygen atoms in total. The molecule has 1 aliphatic heterocycles. The van der Waals surface area contributed by atoms with Crippen molar-refractivity contribution in [1.82, 2.24) is 10.2 Å². The van der Waals surface area contributed by atoms with Gasteiger partial charge in [0.05, 0.1) is 7.11 Å². The van der Waals surface area contributed by atoms with Gasteiger partial charge >= 0.3 is 0 Å². The molecule has 1 heterocycles. The molecule has 2 aromatic rings. The Balaban J connectivity index is 1.48. The minimum Gasteiger partial charge on any atom is -0.497 e. The predicted octanol–water partition coefficient (Wildman–Crippen LogP) is 4.22. The van der Waals surface area contributed by atoms with Gasteiger partial charge in [0.2, 0.25) is 18.6 Å². The van der Waals surface area contributed by atoms with E-state index in [0.29, 0.717) is 31.6 Å². The van der Waals surface area contributed by atoms with Gasteiger partial charge in [0.15, 0.2) is 11.5 Å². The van der Waals surface area contributed by atoms with Crippen LogP contribution in [0, 0.1) is 0 Å². The molecule has 0 aromatic heterocycles. The van der Waals surface area contributed by atoms with E-state index in [0.717, 1.165) is 48.3 Å². The first-order valence-corrected chi connectivity index (χ1v) is 12.2. The molecule has 1 fully saturated rings. The summed E-state index contributed by atoms with van der Waals surface area (Å²) in [7, 11) is 1.63. The van der Waals surface area contributed by atoms with Crippen molar-refractivity contribution in [3.05, 3.63) is 53.6 Å². The Hall–Kier alpha value is -3.22. The molecule has 1 N–H and O–H groups in total. The monoisotopic (exact) mass is 466 g/mol. The summed E-state index contributed by atoms with van der Waals surface area (Å²) in [5.74, 6) is 2.10. The van der Waals surface area contributed by atoms with Crippen molar-refractivity contribution in [2.24, 2.45) is 0 Å². The smallest absolute Gasteiger partial charge is 0.243 e. The number of benzene rings is 2. The lowest BCUT2D eigenvalue weighted by atomic mass is 10.1. The molecule has 1 saturated carbocycles. The van der Waals surface area contributed by atoms with E-state index >= 15 is 0 Å². The van der Waals surface area contributed by atoms with E-state index in [1.165, 1.54) is 0 Å². The third-order valence-electron chi connectivity index (χ3n) is 6.66. The Morgan fingerprint density at radius 1 is 1.06 bits per heavy atom. The topological polar surface area (TPSA) is 77.1 Å². The average molecular weight is 467 g/mol. The van der Waals surface area contributed by atoms with Gasteiger partial charge in [-0.2, -0.15) is 0 Å². The molecule has 2 aliphatic rings. The van der Waals surface area contributed by atoms with Gasteiger partial charge in [0, 0.05) is 19.0 Å². The van der Waals surface area contributed by atoms with Crippen LogP contribution in [0.25, 0.3) is 0 Å². The number of carbonyl (C=O) groups is 2. The van der Waals surface area contributed by atoms with Gasteiger partial charge in [0.25, 0.3) is 0 Å². The average Bonchev–Trinajstić information content (AvgIpc) is 3.54. The Morgan fingerprint density at radius 3 is 2.47 bits per heavy atom. The molecule has 1 atom stereocenters. The Bertz CT molecular complexity index is 985. The normalized spacial score (nSPS) is 15.7. The van der Waals surface area contributed by atoms with E-state index in [4.69, 9.17) is 14.2 Å². The first-order valence-electron chi connectivity index (χ1n) is 12.2. The van der Waals surface area contributed by atoms with Gasteiger partial charge in [-0.15, -0.1) is 0 Å². The maximum atomic E-state index is 13.5. The van der Waals surface area contributed by atoms with Crippen LogP contribution in [-0.4, -0.2) is 42.7 Å². The zero-order valence-corrected chi connectivity index (χ0v) is 20.0. The number of nitrogens with one attached hydrogen (secondary N) is 1. The zero-order valence-electron chi connectivity index (χ0n) is 20.0. The number of ether oxygens (including phenoxy) is 3. The van der Waals surface area contributed by atoms with E-state index in [1.807, 2.05) is 49.4 Å². The zero-order chi connectivity index (χ0) is 23.9. The van der Waals surface area contributed by atoms with Gasteiger partial charge in [-0.3, -0.25) is 9.59 Å². The number of hydrogen-bond donors (Lipinski definition) is 1. The van der Waals surface area contributed by atoms with Crippen LogP contribution in [0.3, 0.4) is 0 Å². The van der Waals surface area contributed by atoms with Gasteiger partial charge in [-0.25, -0.2) is 0 Å². The summed E-state index contributed by atoms with van der Waals surface area (Å²) >= 11 is 0. The highest BCUT2D eigenvalue weighted by molar-refractivity contribution is 5.88. The molecular formula is C27H34N2O5. The summed E-state index contributed by atoms with van der Waals surface area (Å²) in [5.41, 5.74) is 1.97. The SMILES string of the molecule is CC[C@@H](C(=O)NC1CCCC1)N(Cc1ccc(OC)cc1)C(=O)CCc1ccc2c(c1)OCO2. The van der Waals surface area contributed by atoms with Crippen molar-refractivity contribution < 1.29 is 23.8 Å². The van der Waals surface area contributed by atoms with Crippen LogP contribution in [0.1, 0.15) is 56.6 Å². The summed E-state index contributed by atoms with van der Waals surface area (Å²) in [6.07, 6.45) is 5.75. The van der Waals surface area contributed by atoms with E-state index in [9.17, 15) is 9.59 Å². The number of nitrogens with zero attached hydrogens (tertiary/aromatic N) is 1. The van der Waals surface area contributed by atoms with Crippen molar-refractivity contribution in [3.63, 3.8) is 0 Å². The van der Waals surface area contributed by atoms with E-state index in [-0.39, 0.29) is 24.6 Å². The van der Waals surface area contributed by atoms with Crippen molar-refractivity contribution in [2.45, 2.75) is 70.5 Å². The lowest BCUT2D eigenvalue weighted by molar-refractivity contribution is -0.141. The maximum Gasteiger partial charge on any atom is 0.243 e. The molecule has 182 valence electrons. The van der Waals surface area contributed by atoms with E-state index in [1.54, 1.807) is 12.0 Å². The summed E-state index contributed by atoms with van der Waals surface area (Å²) in [6.45, 7) is 2.56. The Labute approximate surface area is 201 Å². The summed E-state index contributed by atoms with van der Waals surface area (Å²) in [4.78, 5) is 28.4. The summed E-state index contributed by atoms with van der Waals surface area (Å²) < 4.78 is 16.1. The fraction of sp³-hybridized carbons (Fsp3) is 0.481. The van der Waals surface area contributed by atoms with Gasteiger partial charge in [0.1, 0.15) is 11.8 Å². The lowest BCUT2D eigenvalue weighted by Crippen LogP contribution is -2.51. The second-order valence-corrected chi connectivity index (χ2v) is 8.97. The number of aryl methyl sites for hydroxylation is 1. The number of hydrogen-bond acceptors (Lipinski definition) is 5. The number of rotatable bonds is 10. The molecule has 0 radical (unpaired) electrons. The second kappa shape index (κ2) is 11.3. The summed E-state index contributed by atoms with van der Waals surface area (Å²) in [6, 6.07) is 13.1. The molecule has 2 aromatic carbocycles. The minimum absolute atomic E-state index is 0.0399. The number of fused-ring (bicyclic) bond motifs is 1. The first kappa shape index (κ1) is 23.9. The quantitative estimate of drug-likeness (QED) is 0.567. The molecule has 4 rings (SSSR count). The van der Waals surface area contributed by atoms with Crippen LogP contribution < -0.4 is 19.5 Å². The van der Waals surface area contributed by atoms with Gasteiger partial charge in [-0.1, -0.05) is 38.0 Å². The van der Waals surface area contributed by atoms with Crippen LogP contribution in [0.5, 0.6) is 17.2 Å². The highest BCUT2D eigenvalue weighted by Gasteiger charge is 2.30. The molecule has 0 unspecified atom stereocenters. The number of methoxy groups -OCH3 is 1. The molecule has 0 bridgehead atoms. The summed E-state index contributed by atoms with van der Waals surface area (Å²) in [5, 5.41) is 3.19. The standard InChI is InChI=1S/C27H34N2O5/c1-3-23(27(31)28-21-6-4-5-7-21)29(17-20-8-12-22(32-2)13-9-20)26(30)15-11-19-10-14-24-25(16-19)34-18-33-24/h8-10,12-14,16,21,23H,3-7,11,15,17-18H2,1-2H3,(H,28,31)/t23-/m0/s1. The number of carbonyl (C=O) groups excluding carboxylic acids is 2. The van der Waals surface area contributed by atoms with Crippen molar-refractivity contribution in [1.29, 1.82) is 0 Å².